The standard InChI is InChI=1S/C21H19N5O3/c1-26-18-11-15(4-3-14(18)10-19(26)20(27)28)24-21-23-8-6-16(25-21)17-9-13(12-29-2)5-7-22-17/h3-11H,12H2,1-2H3,(H,27,28)(H,23,24,25). The van der Waals surface area contributed by atoms with E-state index in [0.717, 1.165) is 27.8 Å². The summed E-state index contributed by atoms with van der Waals surface area (Å²) in [4.78, 5) is 24.5. The first-order chi connectivity index (χ1) is 14.0. The lowest BCUT2D eigenvalue weighted by atomic mass is 10.2. The molecule has 8 heteroatoms. The van der Waals surface area contributed by atoms with E-state index in [4.69, 9.17) is 4.74 Å². The van der Waals surface area contributed by atoms with Gasteiger partial charge in [-0.05, 0) is 42.0 Å². The summed E-state index contributed by atoms with van der Waals surface area (Å²) in [7, 11) is 3.38. The molecule has 0 bridgehead atoms. The fourth-order valence-corrected chi connectivity index (χ4v) is 3.17. The minimum Gasteiger partial charge on any atom is -0.477 e. The fraction of sp³-hybridized carbons (Fsp3) is 0.143. The number of nitrogens with zero attached hydrogens (tertiary/aromatic N) is 4. The largest absolute Gasteiger partial charge is 0.477 e. The number of methoxy groups -OCH3 is 1. The van der Waals surface area contributed by atoms with E-state index in [9.17, 15) is 9.90 Å². The molecule has 1 aromatic carbocycles. The van der Waals surface area contributed by atoms with E-state index in [1.807, 2.05) is 30.3 Å². The van der Waals surface area contributed by atoms with Crippen LogP contribution >= 0.6 is 0 Å². The highest BCUT2D eigenvalue weighted by molar-refractivity contribution is 5.95. The van der Waals surface area contributed by atoms with Gasteiger partial charge in [0.05, 0.1) is 23.5 Å². The molecule has 0 aliphatic carbocycles. The molecule has 0 aliphatic heterocycles. The molecule has 0 spiro atoms. The minimum atomic E-state index is -0.961. The number of hydrogen-bond acceptors (Lipinski definition) is 6. The van der Waals surface area contributed by atoms with Gasteiger partial charge in [-0.2, -0.15) is 0 Å². The predicted molar refractivity (Wildman–Crippen MR) is 109 cm³/mol. The topological polar surface area (TPSA) is 102 Å². The highest BCUT2D eigenvalue weighted by atomic mass is 16.5. The lowest BCUT2D eigenvalue weighted by molar-refractivity contribution is 0.0687. The highest BCUT2D eigenvalue weighted by Crippen LogP contribution is 2.25. The van der Waals surface area contributed by atoms with E-state index in [0.29, 0.717) is 18.2 Å². The van der Waals surface area contributed by atoms with Crippen LogP contribution in [0.3, 0.4) is 0 Å². The summed E-state index contributed by atoms with van der Waals surface area (Å²) in [5, 5.41) is 13.3. The van der Waals surface area contributed by atoms with E-state index in [1.165, 1.54) is 0 Å². The van der Waals surface area contributed by atoms with Gasteiger partial charge in [-0.3, -0.25) is 4.98 Å². The van der Waals surface area contributed by atoms with E-state index in [1.54, 1.807) is 43.3 Å². The average molecular weight is 389 g/mol. The number of aryl methyl sites for hydroxylation is 1. The maximum atomic E-state index is 11.3. The van der Waals surface area contributed by atoms with Crippen molar-refractivity contribution in [3.63, 3.8) is 0 Å². The molecule has 146 valence electrons. The highest BCUT2D eigenvalue weighted by Gasteiger charge is 2.12. The number of fused-ring (bicyclic) bond motifs is 1. The lowest BCUT2D eigenvalue weighted by Gasteiger charge is -2.08. The van der Waals surface area contributed by atoms with Gasteiger partial charge in [0.25, 0.3) is 0 Å². The maximum Gasteiger partial charge on any atom is 0.352 e. The Kier molecular flexibility index (Phi) is 4.92. The van der Waals surface area contributed by atoms with E-state index in [2.05, 4.69) is 20.3 Å². The molecule has 29 heavy (non-hydrogen) atoms. The van der Waals surface area contributed by atoms with Crippen LogP contribution in [0.4, 0.5) is 11.6 Å². The molecule has 0 radical (unpaired) electrons. The number of hydrogen-bond donors (Lipinski definition) is 2. The SMILES string of the molecule is COCc1ccnc(-c2ccnc(Nc3ccc4cc(C(=O)O)n(C)c4c3)n2)c1. The monoisotopic (exact) mass is 389 g/mol. The minimum absolute atomic E-state index is 0.234. The van der Waals surface area contributed by atoms with Gasteiger partial charge in [0.15, 0.2) is 0 Å². The first-order valence-corrected chi connectivity index (χ1v) is 8.92. The second-order valence-electron chi connectivity index (χ2n) is 6.54. The van der Waals surface area contributed by atoms with Gasteiger partial charge in [-0.15, -0.1) is 0 Å². The molecular formula is C21H19N5O3. The van der Waals surface area contributed by atoms with Crippen molar-refractivity contribution < 1.29 is 14.6 Å². The van der Waals surface area contributed by atoms with Gasteiger partial charge in [0, 0.05) is 37.6 Å². The summed E-state index contributed by atoms with van der Waals surface area (Å²) in [6.45, 7) is 0.501. The number of benzene rings is 1. The van der Waals surface area contributed by atoms with Crippen molar-refractivity contribution in [1.29, 1.82) is 0 Å². The molecule has 0 aliphatic rings. The van der Waals surface area contributed by atoms with Crippen molar-refractivity contribution in [3.8, 4) is 11.4 Å². The van der Waals surface area contributed by atoms with E-state index >= 15 is 0 Å². The number of pyridine rings is 1. The molecule has 4 aromatic rings. The second-order valence-corrected chi connectivity index (χ2v) is 6.54. The number of nitrogens with one attached hydrogen (secondary N) is 1. The summed E-state index contributed by atoms with van der Waals surface area (Å²) >= 11 is 0. The van der Waals surface area contributed by atoms with Crippen LogP contribution in [0.1, 0.15) is 16.1 Å². The van der Waals surface area contributed by atoms with Gasteiger partial charge in [-0.1, -0.05) is 6.07 Å². The smallest absolute Gasteiger partial charge is 0.352 e. The molecule has 0 fully saturated rings. The number of anilines is 2. The summed E-state index contributed by atoms with van der Waals surface area (Å²) in [5.41, 5.74) is 4.22. The van der Waals surface area contributed by atoms with Gasteiger partial charge in [-0.25, -0.2) is 14.8 Å². The van der Waals surface area contributed by atoms with Crippen molar-refractivity contribution >= 4 is 28.5 Å². The third-order valence-electron chi connectivity index (χ3n) is 4.57. The van der Waals surface area contributed by atoms with Crippen LogP contribution in [-0.2, 0) is 18.4 Å². The molecule has 0 atom stereocenters. The quantitative estimate of drug-likeness (QED) is 0.519. The van der Waals surface area contributed by atoms with Crippen LogP contribution in [-0.4, -0.2) is 37.7 Å². The fourth-order valence-electron chi connectivity index (χ4n) is 3.17. The normalized spacial score (nSPS) is 11.0. The maximum absolute atomic E-state index is 11.3. The van der Waals surface area contributed by atoms with Gasteiger partial charge >= 0.3 is 5.97 Å². The zero-order valence-electron chi connectivity index (χ0n) is 16.0. The molecule has 2 N–H and O–H groups in total. The molecular weight excluding hydrogens is 370 g/mol. The molecule has 3 aromatic heterocycles. The average Bonchev–Trinajstić information content (AvgIpc) is 3.05. The Labute approximate surface area is 166 Å². The van der Waals surface area contributed by atoms with Gasteiger partial charge < -0.3 is 19.7 Å². The molecule has 4 rings (SSSR count). The number of rotatable bonds is 6. The number of ether oxygens (including phenoxy) is 1. The van der Waals surface area contributed by atoms with Crippen molar-refractivity contribution in [1.82, 2.24) is 19.5 Å². The zero-order valence-corrected chi connectivity index (χ0v) is 16.0. The van der Waals surface area contributed by atoms with Crippen molar-refractivity contribution in [2.45, 2.75) is 6.61 Å². The van der Waals surface area contributed by atoms with Crippen LogP contribution in [0.15, 0.2) is 54.9 Å². The first kappa shape index (κ1) is 18.6. The molecule has 0 unspecified atom stereocenters. The molecule has 0 amide bonds. The summed E-state index contributed by atoms with van der Waals surface area (Å²) < 4.78 is 6.82. The Morgan fingerprint density at radius 3 is 2.72 bits per heavy atom. The Morgan fingerprint density at radius 1 is 1.10 bits per heavy atom. The zero-order chi connectivity index (χ0) is 20.4. The summed E-state index contributed by atoms with van der Waals surface area (Å²) in [5.74, 6) is -0.536. The molecule has 3 heterocycles. The van der Waals surface area contributed by atoms with Gasteiger partial charge in [0.2, 0.25) is 5.95 Å². The lowest BCUT2D eigenvalue weighted by Crippen LogP contribution is -2.03. The van der Waals surface area contributed by atoms with Crippen LogP contribution in [0.25, 0.3) is 22.3 Å². The van der Waals surface area contributed by atoms with Crippen LogP contribution in [0.2, 0.25) is 0 Å². The van der Waals surface area contributed by atoms with Crippen LogP contribution < -0.4 is 5.32 Å². The predicted octanol–water partition coefficient (Wildman–Crippen LogP) is 3.62. The van der Waals surface area contributed by atoms with Crippen molar-refractivity contribution in [2.24, 2.45) is 7.05 Å². The van der Waals surface area contributed by atoms with Crippen molar-refractivity contribution in [3.05, 3.63) is 66.1 Å². The number of aromatic carboxylic acids is 1. The van der Waals surface area contributed by atoms with E-state index < -0.39 is 5.97 Å². The third-order valence-corrected chi connectivity index (χ3v) is 4.57. The molecule has 8 nitrogen and oxygen atoms in total. The molecule has 0 saturated carbocycles. The Bertz CT molecular complexity index is 1200. The number of carbonyl (C=O) groups is 1. The summed E-state index contributed by atoms with van der Waals surface area (Å²) in [6, 6.07) is 12.9. The van der Waals surface area contributed by atoms with Crippen LogP contribution in [0, 0.1) is 0 Å². The Morgan fingerprint density at radius 2 is 1.93 bits per heavy atom. The number of carboxylic acid groups (broad SMARTS) is 1. The number of carboxylic acids is 1. The number of aromatic nitrogens is 4. The second kappa shape index (κ2) is 7.69. The van der Waals surface area contributed by atoms with Gasteiger partial charge in [0.1, 0.15) is 5.69 Å². The van der Waals surface area contributed by atoms with Crippen molar-refractivity contribution in [2.75, 3.05) is 12.4 Å². The van der Waals surface area contributed by atoms with E-state index in [-0.39, 0.29) is 5.69 Å². The third kappa shape index (κ3) is 3.78. The Balaban J connectivity index is 1.63. The molecule has 0 saturated heterocycles. The summed E-state index contributed by atoms with van der Waals surface area (Å²) in [6.07, 6.45) is 3.39. The first-order valence-electron chi connectivity index (χ1n) is 8.92. The Hall–Kier alpha value is -3.78. The van der Waals surface area contributed by atoms with Crippen LogP contribution in [0.5, 0.6) is 0 Å².